The van der Waals surface area contributed by atoms with Crippen LogP contribution in [0.1, 0.15) is 51.0 Å². The molecule has 1 N–H and O–H groups in total. The van der Waals surface area contributed by atoms with E-state index in [1.165, 1.54) is 37.9 Å². The standard InChI is InChI=1S/C15H21N3O2S/c19-13(17-11-5-3-1-2-4-6-11)9-12-10-21-15-16-8-7-14(20)18(12)15/h7-8,11-12H,1-6,9-10H2,(H,17,19)/t12-/m1/s1. The van der Waals surface area contributed by atoms with Crippen LogP contribution >= 0.6 is 11.8 Å². The second-order valence-electron chi connectivity index (χ2n) is 5.86. The number of aromatic nitrogens is 2. The maximum absolute atomic E-state index is 12.2. The minimum atomic E-state index is -0.0584. The molecule has 1 aromatic heterocycles. The van der Waals surface area contributed by atoms with Crippen LogP contribution in [0.4, 0.5) is 0 Å². The molecule has 1 fully saturated rings. The number of nitrogens with zero attached hydrogens (tertiary/aromatic N) is 2. The van der Waals surface area contributed by atoms with E-state index < -0.39 is 0 Å². The van der Waals surface area contributed by atoms with E-state index in [0.717, 1.165) is 23.8 Å². The van der Waals surface area contributed by atoms with Crippen LogP contribution in [-0.2, 0) is 4.79 Å². The Balaban J connectivity index is 1.60. The molecule has 0 aromatic carbocycles. The lowest BCUT2D eigenvalue weighted by atomic mass is 10.1. The minimum Gasteiger partial charge on any atom is -0.353 e. The third-order valence-electron chi connectivity index (χ3n) is 4.26. The van der Waals surface area contributed by atoms with E-state index >= 15 is 0 Å². The Morgan fingerprint density at radius 3 is 2.86 bits per heavy atom. The van der Waals surface area contributed by atoms with Crippen molar-refractivity contribution < 1.29 is 4.79 Å². The second-order valence-corrected chi connectivity index (χ2v) is 6.85. The number of carbonyl (C=O) groups excluding carboxylic acids is 1. The van der Waals surface area contributed by atoms with E-state index in [4.69, 9.17) is 0 Å². The van der Waals surface area contributed by atoms with Crippen molar-refractivity contribution in [3.8, 4) is 0 Å². The summed E-state index contributed by atoms with van der Waals surface area (Å²) >= 11 is 1.55. The molecule has 2 heterocycles. The van der Waals surface area contributed by atoms with Crippen LogP contribution in [0.2, 0.25) is 0 Å². The summed E-state index contributed by atoms with van der Waals surface area (Å²) in [5, 5.41) is 3.88. The number of rotatable bonds is 3. The summed E-state index contributed by atoms with van der Waals surface area (Å²) < 4.78 is 1.66. The Labute approximate surface area is 128 Å². The van der Waals surface area contributed by atoms with Crippen LogP contribution in [0.15, 0.2) is 22.2 Å². The smallest absolute Gasteiger partial charge is 0.254 e. The highest BCUT2D eigenvalue weighted by Crippen LogP contribution is 2.31. The molecule has 1 amide bonds. The van der Waals surface area contributed by atoms with Gasteiger partial charge >= 0.3 is 0 Å². The maximum Gasteiger partial charge on any atom is 0.254 e. The molecule has 1 aliphatic heterocycles. The van der Waals surface area contributed by atoms with Gasteiger partial charge in [-0.05, 0) is 12.8 Å². The fourth-order valence-corrected chi connectivity index (χ4v) is 4.29. The van der Waals surface area contributed by atoms with Crippen LogP contribution < -0.4 is 10.9 Å². The molecular weight excluding hydrogens is 286 g/mol. The monoisotopic (exact) mass is 307 g/mol. The first-order chi connectivity index (χ1) is 10.2. The van der Waals surface area contributed by atoms with E-state index in [-0.39, 0.29) is 17.5 Å². The molecule has 6 heteroatoms. The molecule has 2 aliphatic rings. The summed E-state index contributed by atoms with van der Waals surface area (Å²) in [4.78, 5) is 28.4. The summed E-state index contributed by atoms with van der Waals surface area (Å²) in [6, 6.07) is 1.72. The van der Waals surface area contributed by atoms with Crippen LogP contribution in [0.25, 0.3) is 0 Å². The lowest BCUT2D eigenvalue weighted by Gasteiger charge is -2.18. The van der Waals surface area contributed by atoms with Crippen LogP contribution in [-0.4, -0.2) is 27.3 Å². The molecule has 114 valence electrons. The molecule has 21 heavy (non-hydrogen) atoms. The van der Waals surface area contributed by atoms with Crippen molar-refractivity contribution in [2.75, 3.05) is 5.75 Å². The first-order valence-electron chi connectivity index (χ1n) is 7.74. The number of nitrogens with one attached hydrogen (secondary N) is 1. The van der Waals surface area contributed by atoms with Gasteiger partial charge < -0.3 is 5.32 Å². The Morgan fingerprint density at radius 2 is 2.10 bits per heavy atom. The molecule has 0 radical (unpaired) electrons. The van der Waals surface area contributed by atoms with Gasteiger partial charge in [0.1, 0.15) is 0 Å². The van der Waals surface area contributed by atoms with Crippen molar-refractivity contribution in [3.05, 3.63) is 22.6 Å². The molecule has 0 unspecified atom stereocenters. The SMILES string of the molecule is O=C(C[C@@H]1CSc2nccc(=O)n21)NC1CCCCCC1. The summed E-state index contributed by atoms with van der Waals surface area (Å²) in [6.45, 7) is 0. The summed E-state index contributed by atoms with van der Waals surface area (Å²) in [5.74, 6) is 0.820. The van der Waals surface area contributed by atoms with Crippen molar-refractivity contribution in [2.45, 2.75) is 62.2 Å². The summed E-state index contributed by atoms with van der Waals surface area (Å²) in [7, 11) is 0. The van der Waals surface area contributed by atoms with E-state index in [0.29, 0.717) is 12.5 Å². The molecule has 5 nitrogen and oxygen atoms in total. The number of carbonyl (C=O) groups is 1. The topological polar surface area (TPSA) is 64.0 Å². The first-order valence-corrected chi connectivity index (χ1v) is 8.72. The van der Waals surface area contributed by atoms with Gasteiger partial charge in [0.2, 0.25) is 5.91 Å². The number of thioether (sulfide) groups is 1. The molecule has 0 spiro atoms. The van der Waals surface area contributed by atoms with Gasteiger partial charge in [0.15, 0.2) is 5.16 Å². The van der Waals surface area contributed by atoms with Gasteiger partial charge in [0.05, 0.1) is 6.04 Å². The van der Waals surface area contributed by atoms with E-state index in [1.807, 2.05) is 0 Å². The van der Waals surface area contributed by atoms with Gasteiger partial charge in [-0.1, -0.05) is 37.4 Å². The highest BCUT2D eigenvalue weighted by Gasteiger charge is 2.27. The van der Waals surface area contributed by atoms with Gasteiger partial charge in [0.25, 0.3) is 5.56 Å². The largest absolute Gasteiger partial charge is 0.353 e. The number of fused-ring (bicyclic) bond motifs is 1. The van der Waals surface area contributed by atoms with Gasteiger partial charge in [-0.2, -0.15) is 0 Å². The molecule has 1 saturated carbocycles. The van der Waals surface area contributed by atoms with Gasteiger partial charge in [0, 0.05) is 30.5 Å². The third kappa shape index (κ3) is 3.48. The second kappa shape index (κ2) is 6.64. The van der Waals surface area contributed by atoms with Crippen LogP contribution in [0.5, 0.6) is 0 Å². The first kappa shape index (κ1) is 14.6. The Morgan fingerprint density at radius 1 is 1.33 bits per heavy atom. The van der Waals surface area contributed by atoms with Crippen molar-refractivity contribution in [3.63, 3.8) is 0 Å². The number of amides is 1. The van der Waals surface area contributed by atoms with Gasteiger partial charge in [-0.15, -0.1) is 0 Å². The van der Waals surface area contributed by atoms with Gasteiger partial charge in [-0.25, -0.2) is 4.98 Å². The molecular formula is C15H21N3O2S. The molecule has 0 saturated heterocycles. The average Bonchev–Trinajstić information content (AvgIpc) is 2.69. The average molecular weight is 307 g/mol. The molecule has 0 bridgehead atoms. The Kier molecular flexibility index (Phi) is 4.63. The minimum absolute atomic E-state index is 0.0581. The fourth-order valence-electron chi connectivity index (χ4n) is 3.16. The quantitative estimate of drug-likeness (QED) is 0.686. The van der Waals surface area contributed by atoms with Crippen molar-refractivity contribution in [2.24, 2.45) is 0 Å². The molecule has 1 aromatic rings. The van der Waals surface area contributed by atoms with E-state index in [9.17, 15) is 9.59 Å². The zero-order valence-electron chi connectivity index (χ0n) is 12.1. The van der Waals surface area contributed by atoms with Crippen LogP contribution in [0, 0.1) is 0 Å². The van der Waals surface area contributed by atoms with Crippen molar-refractivity contribution in [1.82, 2.24) is 14.9 Å². The predicted molar refractivity (Wildman–Crippen MR) is 82.5 cm³/mol. The number of hydrogen-bond acceptors (Lipinski definition) is 4. The Hall–Kier alpha value is -1.30. The van der Waals surface area contributed by atoms with Crippen LogP contribution in [0.3, 0.4) is 0 Å². The fraction of sp³-hybridized carbons (Fsp3) is 0.667. The molecule has 3 rings (SSSR count). The molecule has 1 atom stereocenters. The predicted octanol–water partition coefficient (Wildman–Crippen LogP) is 2.12. The van der Waals surface area contributed by atoms with E-state index in [1.54, 1.807) is 16.3 Å². The maximum atomic E-state index is 12.2. The molecule has 1 aliphatic carbocycles. The summed E-state index contributed by atoms with van der Waals surface area (Å²) in [5.41, 5.74) is -0.0581. The third-order valence-corrected chi connectivity index (χ3v) is 5.37. The van der Waals surface area contributed by atoms with Gasteiger partial charge in [-0.3, -0.25) is 14.2 Å². The zero-order chi connectivity index (χ0) is 14.7. The lowest BCUT2D eigenvalue weighted by molar-refractivity contribution is -0.122. The van der Waals surface area contributed by atoms with Crippen molar-refractivity contribution in [1.29, 1.82) is 0 Å². The highest BCUT2D eigenvalue weighted by atomic mass is 32.2. The van der Waals surface area contributed by atoms with E-state index in [2.05, 4.69) is 10.3 Å². The highest BCUT2D eigenvalue weighted by molar-refractivity contribution is 7.99. The Bertz CT molecular complexity index is 564. The normalized spacial score (nSPS) is 22.6. The number of hydrogen-bond donors (Lipinski definition) is 1. The zero-order valence-corrected chi connectivity index (χ0v) is 12.9. The summed E-state index contributed by atoms with van der Waals surface area (Å²) in [6.07, 6.45) is 9.05. The van der Waals surface area contributed by atoms with Crippen molar-refractivity contribution >= 4 is 17.7 Å². The lowest BCUT2D eigenvalue weighted by Crippen LogP contribution is -2.36.